The number of nitrogens with zero attached hydrogens (tertiary/aromatic N) is 2. The summed E-state index contributed by atoms with van der Waals surface area (Å²) in [7, 11) is 0. The van der Waals surface area contributed by atoms with E-state index < -0.39 is 0 Å². The van der Waals surface area contributed by atoms with Gasteiger partial charge in [-0.1, -0.05) is 19.1 Å². The predicted octanol–water partition coefficient (Wildman–Crippen LogP) is 1.39. The molecule has 0 bridgehead atoms. The summed E-state index contributed by atoms with van der Waals surface area (Å²) in [6.45, 7) is 10.9. The summed E-state index contributed by atoms with van der Waals surface area (Å²) in [5, 5.41) is 5.91. The number of benzene rings is 1. The lowest BCUT2D eigenvalue weighted by Crippen LogP contribution is -2.51. The lowest BCUT2D eigenvalue weighted by Gasteiger charge is -2.33. The minimum Gasteiger partial charge on any atom is -0.355 e. The number of anilines is 1. The van der Waals surface area contributed by atoms with Crippen LogP contribution in [0.15, 0.2) is 18.2 Å². The van der Waals surface area contributed by atoms with E-state index in [1.54, 1.807) is 0 Å². The zero-order valence-electron chi connectivity index (χ0n) is 15.6. The van der Waals surface area contributed by atoms with Gasteiger partial charge in [0.05, 0.1) is 13.1 Å². The lowest BCUT2D eigenvalue weighted by atomic mass is 10.1. The van der Waals surface area contributed by atoms with Crippen LogP contribution in [-0.4, -0.2) is 67.4 Å². The number of carbonyl (C=O) groups excluding carboxylic acids is 2. The van der Waals surface area contributed by atoms with E-state index in [1.807, 2.05) is 39.0 Å². The summed E-state index contributed by atoms with van der Waals surface area (Å²) in [4.78, 5) is 28.3. The molecule has 0 aliphatic carbocycles. The van der Waals surface area contributed by atoms with Crippen molar-refractivity contribution in [2.24, 2.45) is 0 Å². The molecule has 0 atom stereocenters. The molecule has 0 aromatic heterocycles. The first kappa shape index (κ1) is 19.4. The molecule has 0 unspecified atom stereocenters. The van der Waals surface area contributed by atoms with E-state index in [4.69, 9.17) is 0 Å². The van der Waals surface area contributed by atoms with E-state index in [9.17, 15) is 9.59 Å². The average molecular weight is 346 g/mol. The Hall–Kier alpha value is -1.92. The van der Waals surface area contributed by atoms with Crippen LogP contribution in [0, 0.1) is 13.8 Å². The van der Waals surface area contributed by atoms with Crippen LogP contribution in [-0.2, 0) is 9.59 Å². The summed E-state index contributed by atoms with van der Waals surface area (Å²) in [5.74, 6) is 0.103. The van der Waals surface area contributed by atoms with E-state index in [-0.39, 0.29) is 11.8 Å². The molecule has 1 fully saturated rings. The second-order valence-electron chi connectivity index (χ2n) is 6.77. The van der Waals surface area contributed by atoms with Gasteiger partial charge >= 0.3 is 0 Å². The van der Waals surface area contributed by atoms with Crippen molar-refractivity contribution in [1.82, 2.24) is 15.1 Å². The second-order valence-corrected chi connectivity index (χ2v) is 6.77. The van der Waals surface area contributed by atoms with Gasteiger partial charge in [-0.3, -0.25) is 19.4 Å². The van der Waals surface area contributed by atoms with Crippen LogP contribution in [0.25, 0.3) is 0 Å². The Morgan fingerprint density at radius 1 is 1.00 bits per heavy atom. The SMILES string of the molecule is CCCNC(=O)CN1CCN(CC(=O)Nc2cc(C)ccc2C)CC1. The highest BCUT2D eigenvalue weighted by Gasteiger charge is 2.20. The van der Waals surface area contributed by atoms with Gasteiger partial charge in [-0.25, -0.2) is 0 Å². The van der Waals surface area contributed by atoms with Crippen LogP contribution in [0.5, 0.6) is 0 Å². The van der Waals surface area contributed by atoms with Crippen LogP contribution in [0.2, 0.25) is 0 Å². The summed E-state index contributed by atoms with van der Waals surface area (Å²) in [6, 6.07) is 6.06. The topological polar surface area (TPSA) is 64.7 Å². The maximum Gasteiger partial charge on any atom is 0.238 e. The Labute approximate surface area is 150 Å². The Balaban J connectivity index is 1.73. The number of hydrogen-bond acceptors (Lipinski definition) is 4. The number of carbonyl (C=O) groups is 2. The fourth-order valence-electron chi connectivity index (χ4n) is 2.89. The number of nitrogens with one attached hydrogen (secondary N) is 2. The Morgan fingerprint density at radius 3 is 2.20 bits per heavy atom. The molecular weight excluding hydrogens is 316 g/mol. The van der Waals surface area contributed by atoms with Crippen LogP contribution >= 0.6 is 0 Å². The van der Waals surface area contributed by atoms with Crippen molar-refractivity contribution in [3.8, 4) is 0 Å². The standard InChI is InChI=1S/C19H30N4O2/c1-4-7-20-18(24)13-22-8-10-23(11-9-22)14-19(25)21-17-12-15(2)5-6-16(17)3/h5-6,12H,4,7-11,13-14H2,1-3H3,(H,20,24)(H,21,25). The fourth-order valence-corrected chi connectivity index (χ4v) is 2.89. The molecule has 0 spiro atoms. The molecular formula is C19H30N4O2. The van der Waals surface area contributed by atoms with Gasteiger partial charge in [0.25, 0.3) is 0 Å². The van der Waals surface area contributed by atoms with Crippen molar-refractivity contribution in [1.29, 1.82) is 0 Å². The van der Waals surface area contributed by atoms with Gasteiger partial charge in [-0.2, -0.15) is 0 Å². The number of amides is 2. The fraction of sp³-hybridized carbons (Fsp3) is 0.579. The number of rotatable bonds is 7. The molecule has 1 aromatic rings. The molecule has 1 aromatic carbocycles. The maximum atomic E-state index is 12.3. The van der Waals surface area contributed by atoms with Crippen LogP contribution in [0.3, 0.4) is 0 Å². The average Bonchev–Trinajstić information content (AvgIpc) is 2.58. The van der Waals surface area contributed by atoms with Crippen molar-refractivity contribution in [3.63, 3.8) is 0 Å². The van der Waals surface area contributed by atoms with Crippen LogP contribution in [0.1, 0.15) is 24.5 Å². The first-order chi connectivity index (χ1) is 12.0. The Kier molecular flexibility index (Phi) is 7.40. The third-order valence-corrected chi connectivity index (χ3v) is 4.44. The van der Waals surface area contributed by atoms with Gasteiger partial charge in [-0.15, -0.1) is 0 Å². The Morgan fingerprint density at radius 2 is 1.60 bits per heavy atom. The van der Waals surface area contributed by atoms with Crippen LogP contribution in [0.4, 0.5) is 5.69 Å². The van der Waals surface area contributed by atoms with Gasteiger partial charge in [0, 0.05) is 38.4 Å². The van der Waals surface area contributed by atoms with E-state index >= 15 is 0 Å². The van der Waals surface area contributed by atoms with Gasteiger partial charge < -0.3 is 10.6 Å². The third kappa shape index (κ3) is 6.48. The molecule has 6 heteroatoms. The van der Waals surface area contributed by atoms with Crippen molar-refractivity contribution >= 4 is 17.5 Å². The Bertz CT molecular complexity index is 595. The largest absolute Gasteiger partial charge is 0.355 e. The number of hydrogen-bond donors (Lipinski definition) is 2. The third-order valence-electron chi connectivity index (χ3n) is 4.44. The highest BCUT2D eigenvalue weighted by Crippen LogP contribution is 2.16. The van der Waals surface area contributed by atoms with Crippen molar-refractivity contribution < 1.29 is 9.59 Å². The molecule has 1 aliphatic rings. The molecule has 138 valence electrons. The maximum absolute atomic E-state index is 12.3. The first-order valence-corrected chi connectivity index (χ1v) is 9.06. The summed E-state index contributed by atoms with van der Waals surface area (Å²) < 4.78 is 0. The van der Waals surface area contributed by atoms with Crippen LogP contribution < -0.4 is 10.6 Å². The van der Waals surface area contributed by atoms with E-state index in [1.165, 1.54) is 0 Å². The highest BCUT2D eigenvalue weighted by molar-refractivity contribution is 5.93. The zero-order valence-corrected chi connectivity index (χ0v) is 15.6. The molecule has 0 saturated carbocycles. The predicted molar refractivity (Wildman–Crippen MR) is 101 cm³/mol. The molecule has 1 aliphatic heterocycles. The summed E-state index contributed by atoms with van der Waals surface area (Å²) in [5.41, 5.74) is 3.09. The lowest BCUT2D eigenvalue weighted by molar-refractivity contribution is -0.123. The quantitative estimate of drug-likeness (QED) is 0.783. The molecule has 2 rings (SSSR count). The summed E-state index contributed by atoms with van der Waals surface area (Å²) >= 11 is 0. The molecule has 6 nitrogen and oxygen atoms in total. The van der Waals surface area contributed by atoms with Crippen molar-refractivity contribution in [2.75, 3.05) is 51.1 Å². The minimum atomic E-state index is 0.0165. The van der Waals surface area contributed by atoms with E-state index in [0.717, 1.165) is 56.0 Å². The smallest absolute Gasteiger partial charge is 0.238 e. The monoisotopic (exact) mass is 346 g/mol. The molecule has 25 heavy (non-hydrogen) atoms. The van der Waals surface area contributed by atoms with Gasteiger partial charge in [0.15, 0.2) is 0 Å². The first-order valence-electron chi connectivity index (χ1n) is 9.06. The summed E-state index contributed by atoms with van der Waals surface area (Å²) in [6.07, 6.45) is 0.953. The molecule has 1 heterocycles. The van der Waals surface area contributed by atoms with Gasteiger partial charge in [-0.05, 0) is 37.5 Å². The normalized spacial score (nSPS) is 15.8. The van der Waals surface area contributed by atoms with E-state index in [2.05, 4.69) is 20.4 Å². The van der Waals surface area contributed by atoms with Crippen molar-refractivity contribution in [3.05, 3.63) is 29.3 Å². The molecule has 2 amide bonds. The van der Waals surface area contributed by atoms with Gasteiger partial charge in [0.2, 0.25) is 11.8 Å². The highest BCUT2D eigenvalue weighted by atomic mass is 16.2. The molecule has 1 saturated heterocycles. The minimum absolute atomic E-state index is 0.0165. The zero-order chi connectivity index (χ0) is 18.2. The van der Waals surface area contributed by atoms with Crippen molar-refractivity contribution in [2.45, 2.75) is 27.2 Å². The van der Waals surface area contributed by atoms with E-state index in [0.29, 0.717) is 13.1 Å². The van der Waals surface area contributed by atoms with Gasteiger partial charge in [0.1, 0.15) is 0 Å². The number of piperazine rings is 1. The second kappa shape index (κ2) is 9.53. The molecule has 0 radical (unpaired) electrons. The molecule has 2 N–H and O–H groups in total. The number of aryl methyl sites for hydroxylation is 2.